The highest BCUT2D eigenvalue weighted by Crippen LogP contribution is 2.26. The van der Waals surface area contributed by atoms with Crippen LogP contribution in [0.15, 0.2) is 10.5 Å². The number of allylic oxidation sites excluding steroid dienone is 1. The van der Waals surface area contributed by atoms with Crippen LogP contribution in [0.4, 0.5) is 0 Å². The number of rotatable bonds is 3. The molecule has 0 aromatic rings. The first-order chi connectivity index (χ1) is 6.24. The molecule has 0 radical (unpaired) electrons. The summed E-state index contributed by atoms with van der Waals surface area (Å²) in [7, 11) is 0. The van der Waals surface area contributed by atoms with Gasteiger partial charge in [-0.15, -0.1) is 12.6 Å². The minimum atomic E-state index is 0.532. The Morgan fingerprint density at radius 1 is 1.69 bits per heavy atom. The molecule has 0 aliphatic heterocycles. The highest BCUT2D eigenvalue weighted by atomic mass is 32.1. The van der Waals surface area contributed by atoms with E-state index in [1.165, 1.54) is 16.9 Å². The Kier molecular flexibility index (Phi) is 4.34. The molecule has 0 saturated heterocycles. The Balaban J connectivity index is 2.29. The van der Waals surface area contributed by atoms with Crippen LogP contribution in [0.5, 0.6) is 0 Å². The molecule has 1 N–H and O–H groups in total. The summed E-state index contributed by atoms with van der Waals surface area (Å²) in [6.07, 6.45) is 3.95. The van der Waals surface area contributed by atoms with Crippen molar-refractivity contribution in [3.63, 3.8) is 0 Å². The fraction of sp³-hybridized carbons (Fsp3) is 0.700. The van der Waals surface area contributed by atoms with Crippen molar-refractivity contribution in [3.05, 3.63) is 10.5 Å². The molecular formula is C10H16N2S. The van der Waals surface area contributed by atoms with Crippen LogP contribution in [0.25, 0.3) is 0 Å². The summed E-state index contributed by atoms with van der Waals surface area (Å²) < 4.78 is 0. The number of thiol groups is 1. The third kappa shape index (κ3) is 3.41. The summed E-state index contributed by atoms with van der Waals surface area (Å²) in [6.45, 7) is 2.95. The van der Waals surface area contributed by atoms with Gasteiger partial charge < -0.3 is 5.32 Å². The van der Waals surface area contributed by atoms with E-state index in [-0.39, 0.29) is 0 Å². The van der Waals surface area contributed by atoms with E-state index >= 15 is 0 Å². The number of nitrogens with zero attached hydrogens (tertiary/aromatic N) is 1. The van der Waals surface area contributed by atoms with Crippen LogP contribution in [-0.2, 0) is 0 Å². The summed E-state index contributed by atoms with van der Waals surface area (Å²) in [5.74, 6) is 0. The molecule has 0 fully saturated rings. The van der Waals surface area contributed by atoms with E-state index < -0.39 is 0 Å². The third-order valence-electron chi connectivity index (χ3n) is 2.47. The Hall–Kier alpha value is -0.460. The highest BCUT2D eigenvalue weighted by Gasteiger charge is 2.15. The van der Waals surface area contributed by atoms with E-state index in [2.05, 4.69) is 30.9 Å². The van der Waals surface area contributed by atoms with Crippen LogP contribution >= 0.6 is 12.6 Å². The first kappa shape index (κ1) is 10.6. The highest BCUT2D eigenvalue weighted by molar-refractivity contribution is 7.84. The minimum Gasteiger partial charge on any atom is -0.313 e. The normalized spacial score (nSPS) is 23.0. The number of nitrogens with one attached hydrogen (secondary N) is 1. The zero-order valence-corrected chi connectivity index (χ0v) is 8.90. The topological polar surface area (TPSA) is 35.8 Å². The summed E-state index contributed by atoms with van der Waals surface area (Å²) in [4.78, 5) is 1.22. The maximum absolute atomic E-state index is 8.38. The fourth-order valence-corrected chi connectivity index (χ4v) is 1.88. The second-order valence-corrected chi connectivity index (χ2v) is 4.07. The Labute approximate surface area is 85.4 Å². The number of nitriles is 1. The molecule has 1 rings (SSSR count). The van der Waals surface area contributed by atoms with Gasteiger partial charge in [-0.05, 0) is 31.1 Å². The van der Waals surface area contributed by atoms with Gasteiger partial charge in [0.1, 0.15) is 0 Å². The van der Waals surface area contributed by atoms with Crippen LogP contribution < -0.4 is 5.32 Å². The average molecular weight is 196 g/mol. The SMILES string of the molecule is CC1=C(S)C[C@@H](NCCC#N)CC1. The molecule has 0 aromatic heterocycles. The van der Waals surface area contributed by atoms with Gasteiger partial charge in [0, 0.05) is 19.0 Å². The van der Waals surface area contributed by atoms with Gasteiger partial charge in [0.15, 0.2) is 0 Å². The van der Waals surface area contributed by atoms with Crippen molar-refractivity contribution in [1.82, 2.24) is 5.32 Å². The lowest BCUT2D eigenvalue weighted by atomic mass is 9.96. The molecule has 2 nitrogen and oxygen atoms in total. The van der Waals surface area contributed by atoms with Crippen molar-refractivity contribution in [2.24, 2.45) is 0 Å². The zero-order chi connectivity index (χ0) is 9.68. The molecule has 3 heteroatoms. The third-order valence-corrected chi connectivity index (χ3v) is 3.03. The molecule has 0 bridgehead atoms. The van der Waals surface area contributed by atoms with Gasteiger partial charge in [-0.25, -0.2) is 0 Å². The summed E-state index contributed by atoms with van der Waals surface area (Å²) in [6, 6.07) is 2.67. The van der Waals surface area contributed by atoms with Gasteiger partial charge in [0.25, 0.3) is 0 Å². The second kappa shape index (κ2) is 5.31. The fourth-order valence-electron chi connectivity index (χ4n) is 1.55. The largest absolute Gasteiger partial charge is 0.313 e. The second-order valence-electron chi connectivity index (χ2n) is 3.53. The number of hydrogen-bond acceptors (Lipinski definition) is 3. The monoisotopic (exact) mass is 196 g/mol. The molecule has 0 aromatic carbocycles. The predicted octanol–water partition coefficient (Wildman–Crippen LogP) is 2.25. The standard InChI is InChI=1S/C10H16N2S/c1-8-3-4-9(7-10(8)13)12-6-2-5-11/h9,12-13H,2-4,6-7H2,1H3/t9-/m0/s1. The smallest absolute Gasteiger partial charge is 0.0635 e. The van der Waals surface area contributed by atoms with Crippen molar-refractivity contribution in [2.75, 3.05) is 6.54 Å². The molecule has 72 valence electrons. The molecular weight excluding hydrogens is 180 g/mol. The van der Waals surface area contributed by atoms with Gasteiger partial charge >= 0.3 is 0 Å². The summed E-state index contributed by atoms with van der Waals surface area (Å²) in [5, 5.41) is 11.7. The molecule has 0 amide bonds. The molecule has 0 heterocycles. The lowest BCUT2D eigenvalue weighted by molar-refractivity contribution is 0.470. The van der Waals surface area contributed by atoms with E-state index in [1.54, 1.807) is 0 Å². The Bertz CT molecular complexity index is 240. The molecule has 1 aliphatic rings. The van der Waals surface area contributed by atoms with Crippen molar-refractivity contribution in [1.29, 1.82) is 5.26 Å². The van der Waals surface area contributed by atoms with E-state index in [4.69, 9.17) is 5.26 Å². The molecule has 0 saturated carbocycles. The maximum Gasteiger partial charge on any atom is 0.0635 e. The van der Waals surface area contributed by atoms with Crippen molar-refractivity contribution in [2.45, 2.75) is 38.6 Å². The van der Waals surface area contributed by atoms with E-state index in [0.29, 0.717) is 12.5 Å². The van der Waals surface area contributed by atoms with Crippen LogP contribution in [0.2, 0.25) is 0 Å². The first-order valence-electron chi connectivity index (χ1n) is 4.72. The van der Waals surface area contributed by atoms with Gasteiger partial charge in [0.05, 0.1) is 6.07 Å². The quantitative estimate of drug-likeness (QED) is 0.536. The van der Waals surface area contributed by atoms with Crippen molar-refractivity contribution >= 4 is 12.6 Å². The summed E-state index contributed by atoms with van der Waals surface area (Å²) >= 11 is 4.44. The molecule has 0 spiro atoms. The molecule has 13 heavy (non-hydrogen) atoms. The van der Waals surface area contributed by atoms with E-state index in [0.717, 1.165) is 19.4 Å². The first-order valence-corrected chi connectivity index (χ1v) is 5.16. The average Bonchev–Trinajstić information content (AvgIpc) is 2.12. The van der Waals surface area contributed by atoms with Crippen LogP contribution in [0.1, 0.15) is 32.6 Å². The van der Waals surface area contributed by atoms with Gasteiger partial charge in [-0.2, -0.15) is 5.26 Å². The Morgan fingerprint density at radius 3 is 3.08 bits per heavy atom. The lowest BCUT2D eigenvalue weighted by Crippen LogP contribution is -2.31. The van der Waals surface area contributed by atoms with Crippen LogP contribution in [-0.4, -0.2) is 12.6 Å². The van der Waals surface area contributed by atoms with Gasteiger partial charge in [-0.1, -0.05) is 5.57 Å². The molecule has 0 unspecified atom stereocenters. The lowest BCUT2D eigenvalue weighted by Gasteiger charge is -2.24. The predicted molar refractivity (Wildman–Crippen MR) is 57.6 cm³/mol. The molecule has 1 aliphatic carbocycles. The van der Waals surface area contributed by atoms with Gasteiger partial charge in [0.2, 0.25) is 0 Å². The van der Waals surface area contributed by atoms with Crippen LogP contribution in [0, 0.1) is 11.3 Å². The summed E-state index contributed by atoms with van der Waals surface area (Å²) in [5.41, 5.74) is 1.42. The molecule has 1 atom stereocenters. The number of hydrogen-bond donors (Lipinski definition) is 2. The van der Waals surface area contributed by atoms with Crippen molar-refractivity contribution in [3.8, 4) is 6.07 Å². The maximum atomic E-state index is 8.38. The Morgan fingerprint density at radius 2 is 2.46 bits per heavy atom. The van der Waals surface area contributed by atoms with E-state index in [9.17, 15) is 0 Å². The van der Waals surface area contributed by atoms with Gasteiger partial charge in [-0.3, -0.25) is 0 Å². The van der Waals surface area contributed by atoms with Crippen molar-refractivity contribution < 1.29 is 0 Å². The zero-order valence-electron chi connectivity index (χ0n) is 8.01. The minimum absolute atomic E-state index is 0.532. The van der Waals surface area contributed by atoms with E-state index in [1.807, 2.05) is 0 Å². The van der Waals surface area contributed by atoms with Crippen LogP contribution in [0.3, 0.4) is 0 Å².